The molecule has 0 radical (unpaired) electrons. The molecule has 0 fully saturated rings. The van der Waals surface area contributed by atoms with Crippen molar-refractivity contribution in [2.45, 2.75) is 33.0 Å². The third-order valence-electron chi connectivity index (χ3n) is 4.44. The molecule has 3 aromatic rings. The topological polar surface area (TPSA) is 42.7 Å². The molecule has 7 heteroatoms. The molecule has 1 amide bonds. The first-order valence-electron chi connectivity index (χ1n) is 9.02. The summed E-state index contributed by atoms with van der Waals surface area (Å²) in [5.41, 5.74) is 1.08. The van der Waals surface area contributed by atoms with E-state index in [1.54, 1.807) is 43.3 Å². The molecule has 2 aromatic carbocycles. The molecule has 0 saturated carbocycles. The van der Waals surface area contributed by atoms with Gasteiger partial charge in [0.1, 0.15) is 17.3 Å². The third kappa shape index (κ3) is 5.31. The highest BCUT2D eigenvalue weighted by atomic mass is 35.5. The largest absolute Gasteiger partial charge is 0.481 e. The molecular weight excluding hydrogens is 416 g/mol. The SMILES string of the molecule is Cc1cc(OC(C)C(=O)N(Cc2ccco2)Cc2c(F)cccc2Cl)ccc1Cl. The number of carbonyl (C=O) groups is 1. The molecule has 1 aromatic heterocycles. The van der Waals surface area contributed by atoms with Crippen LogP contribution in [0.2, 0.25) is 10.0 Å². The molecule has 0 saturated heterocycles. The van der Waals surface area contributed by atoms with E-state index in [9.17, 15) is 9.18 Å². The lowest BCUT2D eigenvalue weighted by atomic mass is 10.1. The smallest absolute Gasteiger partial charge is 0.264 e. The Labute approximate surface area is 178 Å². The molecule has 3 rings (SSSR count). The molecule has 0 aliphatic carbocycles. The minimum Gasteiger partial charge on any atom is -0.481 e. The van der Waals surface area contributed by atoms with Gasteiger partial charge in [-0.1, -0.05) is 29.3 Å². The van der Waals surface area contributed by atoms with Crippen LogP contribution in [0.25, 0.3) is 0 Å². The zero-order valence-electron chi connectivity index (χ0n) is 16.0. The zero-order valence-corrected chi connectivity index (χ0v) is 17.5. The van der Waals surface area contributed by atoms with Crippen molar-refractivity contribution in [1.29, 1.82) is 0 Å². The van der Waals surface area contributed by atoms with E-state index in [0.717, 1.165) is 5.56 Å². The van der Waals surface area contributed by atoms with Crippen molar-refractivity contribution in [1.82, 2.24) is 4.90 Å². The second-order valence-electron chi connectivity index (χ2n) is 6.64. The molecule has 0 aliphatic heterocycles. The average Bonchev–Trinajstić information content (AvgIpc) is 3.19. The summed E-state index contributed by atoms with van der Waals surface area (Å²) in [6.07, 6.45) is 0.709. The van der Waals surface area contributed by atoms with Gasteiger partial charge in [-0.3, -0.25) is 4.79 Å². The van der Waals surface area contributed by atoms with Crippen molar-refractivity contribution in [2.75, 3.05) is 0 Å². The van der Waals surface area contributed by atoms with E-state index in [1.165, 1.54) is 23.3 Å². The molecule has 4 nitrogen and oxygen atoms in total. The van der Waals surface area contributed by atoms with E-state index in [-0.39, 0.29) is 29.6 Å². The Hall–Kier alpha value is -2.50. The molecule has 1 atom stereocenters. The van der Waals surface area contributed by atoms with Gasteiger partial charge in [0, 0.05) is 15.6 Å². The first-order valence-corrected chi connectivity index (χ1v) is 9.77. The Bertz CT molecular complexity index is 971. The van der Waals surface area contributed by atoms with E-state index in [2.05, 4.69) is 0 Å². The lowest BCUT2D eigenvalue weighted by molar-refractivity contribution is -0.139. The fourth-order valence-corrected chi connectivity index (χ4v) is 3.22. The predicted octanol–water partition coefficient (Wildman–Crippen LogP) is 6.03. The molecule has 1 unspecified atom stereocenters. The average molecular weight is 436 g/mol. The number of hydrogen-bond acceptors (Lipinski definition) is 3. The van der Waals surface area contributed by atoms with Gasteiger partial charge in [-0.2, -0.15) is 0 Å². The highest BCUT2D eigenvalue weighted by Gasteiger charge is 2.25. The second kappa shape index (κ2) is 9.33. The number of benzene rings is 2. The first kappa shape index (κ1) is 21.2. The van der Waals surface area contributed by atoms with Crippen molar-refractivity contribution in [3.63, 3.8) is 0 Å². The van der Waals surface area contributed by atoms with Crippen molar-refractivity contribution < 1.29 is 18.3 Å². The van der Waals surface area contributed by atoms with Crippen LogP contribution >= 0.6 is 23.2 Å². The first-order chi connectivity index (χ1) is 13.8. The van der Waals surface area contributed by atoms with Crippen LogP contribution in [-0.4, -0.2) is 16.9 Å². The minimum absolute atomic E-state index is 0.0155. The van der Waals surface area contributed by atoms with Crippen molar-refractivity contribution in [3.8, 4) is 5.75 Å². The Morgan fingerprint density at radius 1 is 1.14 bits per heavy atom. The maximum Gasteiger partial charge on any atom is 0.264 e. The van der Waals surface area contributed by atoms with E-state index in [0.29, 0.717) is 16.5 Å². The summed E-state index contributed by atoms with van der Waals surface area (Å²) in [7, 11) is 0. The van der Waals surface area contributed by atoms with Crippen LogP contribution in [-0.2, 0) is 17.9 Å². The third-order valence-corrected chi connectivity index (χ3v) is 5.22. The van der Waals surface area contributed by atoms with Gasteiger partial charge in [-0.15, -0.1) is 0 Å². The molecule has 0 bridgehead atoms. The Morgan fingerprint density at radius 2 is 1.93 bits per heavy atom. The highest BCUT2D eigenvalue weighted by Crippen LogP contribution is 2.25. The Morgan fingerprint density at radius 3 is 2.59 bits per heavy atom. The van der Waals surface area contributed by atoms with Crippen LogP contribution in [0.4, 0.5) is 4.39 Å². The molecular formula is C22H20Cl2FNO3. The lowest BCUT2D eigenvalue weighted by Gasteiger charge is -2.26. The van der Waals surface area contributed by atoms with E-state index in [1.807, 2.05) is 6.92 Å². The zero-order chi connectivity index (χ0) is 21.0. The summed E-state index contributed by atoms with van der Waals surface area (Å²) in [6, 6.07) is 13.1. The van der Waals surface area contributed by atoms with Gasteiger partial charge in [0.2, 0.25) is 0 Å². The summed E-state index contributed by atoms with van der Waals surface area (Å²) in [5, 5.41) is 0.870. The number of rotatable bonds is 7. The van der Waals surface area contributed by atoms with Crippen molar-refractivity contribution in [2.24, 2.45) is 0 Å². The van der Waals surface area contributed by atoms with Crippen LogP contribution < -0.4 is 4.74 Å². The van der Waals surface area contributed by atoms with Crippen LogP contribution in [0.3, 0.4) is 0 Å². The normalized spacial score (nSPS) is 11.9. The fraction of sp³-hybridized carbons (Fsp3) is 0.227. The van der Waals surface area contributed by atoms with Gasteiger partial charge in [0.05, 0.1) is 19.4 Å². The molecule has 0 N–H and O–H groups in total. The lowest BCUT2D eigenvalue weighted by Crippen LogP contribution is -2.39. The fourth-order valence-electron chi connectivity index (χ4n) is 2.88. The number of carbonyl (C=O) groups excluding carboxylic acids is 1. The van der Waals surface area contributed by atoms with E-state index in [4.69, 9.17) is 32.4 Å². The predicted molar refractivity (Wildman–Crippen MR) is 111 cm³/mol. The summed E-state index contributed by atoms with van der Waals surface area (Å²) in [5.74, 6) is 0.292. The van der Waals surface area contributed by atoms with Gasteiger partial charge in [-0.05, 0) is 61.9 Å². The summed E-state index contributed by atoms with van der Waals surface area (Å²) in [4.78, 5) is 14.6. The molecule has 0 aliphatic rings. The molecule has 29 heavy (non-hydrogen) atoms. The van der Waals surface area contributed by atoms with Crippen molar-refractivity contribution >= 4 is 29.1 Å². The number of ether oxygens (including phenoxy) is 1. The van der Waals surface area contributed by atoms with Crippen LogP contribution in [0.15, 0.2) is 59.2 Å². The Kier molecular flexibility index (Phi) is 6.83. The van der Waals surface area contributed by atoms with Crippen LogP contribution in [0, 0.1) is 12.7 Å². The monoisotopic (exact) mass is 435 g/mol. The number of aryl methyl sites for hydroxylation is 1. The van der Waals surface area contributed by atoms with Gasteiger partial charge in [0.25, 0.3) is 5.91 Å². The van der Waals surface area contributed by atoms with Gasteiger partial charge in [-0.25, -0.2) is 4.39 Å². The van der Waals surface area contributed by atoms with E-state index < -0.39 is 11.9 Å². The number of halogens is 3. The molecule has 1 heterocycles. The summed E-state index contributed by atoms with van der Waals surface area (Å²) in [6.45, 7) is 3.64. The number of hydrogen-bond donors (Lipinski definition) is 0. The van der Waals surface area contributed by atoms with Crippen LogP contribution in [0.5, 0.6) is 5.75 Å². The summed E-state index contributed by atoms with van der Waals surface area (Å²) >= 11 is 12.2. The van der Waals surface area contributed by atoms with Crippen molar-refractivity contribution in [3.05, 3.63) is 87.5 Å². The second-order valence-corrected chi connectivity index (χ2v) is 7.46. The number of furan rings is 1. The highest BCUT2D eigenvalue weighted by molar-refractivity contribution is 6.31. The maximum absolute atomic E-state index is 14.3. The number of amides is 1. The molecule has 0 spiro atoms. The minimum atomic E-state index is -0.809. The van der Waals surface area contributed by atoms with E-state index >= 15 is 0 Å². The quantitative estimate of drug-likeness (QED) is 0.454. The van der Waals surface area contributed by atoms with Gasteiger partial charge >= 0.3 is 0 Å². The van der Waals surface area contributed by atoms with Crippen LogP contribution in [0.1, 0.15) is 23.8 Å². The summed E-state index contributed by atoms with van der Waals surface area (Å²) < 4.78 is 25.5. The van der Waals surface area contributed by atoms with Gasteiger partial charge in [0.15, 0.2) is 6.10 Å². The standard InChI is InChI=1S/C22H20Cl2FNO3/c1-14-11-16(8-9-19(14)23)29-15(2)22(27)26(12-17-5-4-10-28-17)13-18-20(24)6-3-7-21(18)25/h3-11,15H,12-13H2,1-2H3. The number of nitrogens with zero attached hydrogens (tertiary/aromatic N) is 1. The van der Waals surface area contributed by atoms with Gasteiger partial charge < -0.3 is 14.1 Å². The Balaban J connectivity index is 1.82. The molecule has 152 valence electrons. The maximum atomic E-state index is 14.3.